The van der Waals surface area contributed by atoms with Crippen LogP contribution in [0.5, 0.6) is 0 Å². The number of ketones is 1. The first-order valence-corrected chi connectivity index (χ1v) is 7.21. The number of rotatable bonds is 2. The van der Waals surface area contributed by atoms with Gasteiger partial charge >= 0.3 is 0 Å². The summed E-state index contributed by atoms with van der Waals surface area (Å²) in [5, 5.41) is 0. The first-order chi connectivity index (χ1) is 7.98. The lowest BCUT2D eigenvalue weighted by atomic mass is 9.68. The van der Waals surface area contributed by atoms with Crippen molar-refractivity contribution in [2.75, 3.05) is 0 Å². The Kier molecular flexibility index (Phi) is 3.75. The Morgan fingerprint density at radius 3 is 2.29 bits per heavy atom. The van der Waals surface area contributed by atoms with Crippen molar-refractivity contribution in [3.8, 4) is 0 Å². The summed E-state index contributed by atoms with van der Waals surface area (Å²) in [6.45, 7) is 7.00. The molecule has 0 radical (unpaired) electrons. The van der Waals surface area contributed by atoms with Crippen molar-refractivity contribution in [2.45, 2.75) is 65.7 Å². The minimum absolute atomic E-state index is 0.345. The van der Waals surface area contributed by atoms with E-state index in [1.165, 1.54) is 19.3 Å². The van der Waals surface area contributed by atoms with Crippen LogP contribution in [0, 0.1) is 17.3 Å². The molecule has 1 heteroatoms. The fraction of sp³-hybridized carbons (Fsp3) is 0.812. The molecule has 0 bridgehead atoms. The molecule has 0 spiro atoms. The van der Waals surface area contributed by atoms with Crippen LogP contribution in [0.15, 0.2) is 11.6 Å². The highest BCUT2D eigenvalue weighted by Gasteiger charge is 2.33. The van der Waals surface area contributed by atoms with Gasteiger partial charge in [-0.1, -0.05) is 26.8 Å². The molecule has 2 aliphatic carbocycles. The van der Waals surface area contributed by atoms with Crippen molar-refractivity contribution < 1.29 is 4.79 Å². The third kappa shape index (κ3) is 3.00. The Labute approximate surface area is 106 Å². The van der Waals surface area contributed by atoms with E-state index in [2.05, 4.69) is 26.8 Å². The Morgan fingerprint density at radius 2 is 1.82 bits per heavy atom. The van der Waals surface area contributed by atoms with Crippen LogP contribution in [0.1, 0.15) is 65.7 Å². The SMILES string of the molecule is CC(C)(C)C1CCC(C(=O)C2=CCCC2)CC1. The van der Waals surface area contributed by atoms with Crippen molar-refractivity contribution in [3.63, 3.8) is 0 Å². The van der Waals surface area contributed by atoms with E-state index < -0.39 is 0 Å². The summed E-state index contributed by atoms with van der Waals surface area (Å²) in [5.74, 6) is 1.64. The summed E-state index contributed by atoms with van der Waals surface area (Å²) >= 11 is 0. The maximum atomic E-state index is 12.3. The lowest BCUT2D eigenvalue weighted by Crippen LogP contribution is -2.29. The highest BCUT2D eigenvalue weighted by atomic mass is 16.1. The van der Waals surface area contributed by atoms with Gasteiger partial charge < -0.3 is 0 Å². The van der Waals surface area contributed by atoms with E-state index in [9.17, 15) is 4.79 Å². The largest absolute Gasteiger partial charge is 0.294 e. The van der Waals surface area contributed by atoms with Gasteiger partial charge in [-0.05, 0) is 61.9 Å². The molecule has 0 aromatic carbocycles. The molecule has 0 heterocycles. The van der Waals surface area contributed by atoms with E-state index in [1.54, 1.807) is 0 Å². The van der Waals surface area contributed by atoms with E-state index in [1.807, 2.05) is 0 Å². The summed E-state index contributed by atoms with van der Waals surface area (Å²) in [4.78, 5) is 12.3. The van der Waals surface area contributed by atoms with Crippen molar-refractivity contribution >= 4 is 5.78 Å². The van der Waals surface area contributed by atoms with Crippen LogP contribution in [0.2, 0.25) is 0 Å². The molecule has 0 aliphatic heterocycles. The average Bonchev–Trinajstić information content (AvgIpc) is 2.80. The molecule has 2 rings (SSSR count). The molecule has 1 nitrogen and oxygen atoms in total. The fourth-order valence-corrected chi connectivity index (χ4v) is 3.38. The smallest absolute Gasteiger partial charge is 0.161 e. The van der Waals surface area contributed by atoms with Crippen LogP contribution in [0.4, 0.5) is 0 Å². The zero-order chi connectivity index (χ0) is 12.5. The summed E-state index contributed by atoms with van der Waals surface area (Å²) in [5.41, 5.74) is 1.56. The maximum Gasteiger partial charge on any atom is 0.161 e. The predicted octanol–water partition coefficient (Wildman–Crippen LogP) is 4.52. The topological polar surface area (TPSA) is 17.1 Å². The Morgan fingerprint density at radius 1 is 1.18 bits per heavy atom. The van der Waals surface area contributed by atoms with Crippen molar-refractivity contribution in [2.24, 2.45) is 17.3 Å². The third-order valence-corrected chi connectivity index (χ3v) is 4.68. The molecule has 0 saturated heterocycles. The lowest BCUT2D eigenvalue weighted by Gasteiger charge is -2.36. The summed E-state index contributed by atoms with van der Waals surface area (Å²) in [7, 11) is 0. The summed E-state index contributed by atoms with van der Waals surface area (Å²) < 4.78 is 0. The summed E-state index contributed by atoms with van der Waals surface area (Å²) in [6, 6.07) is 0. The van der Waals surface area contributed by atoms with Crippen LogP contribution in [-0.4, -0.2) is 5.78 Å². The van der Waals surface area contributed by atoms with E-state index in [4.69, 9.17) is 0 Å². The molecule has 0 aromatic rings. The van der Waals surface area contributed by atoms with Crippen LogP contribution in [-0.2, 0) is 4.79 Å². The molecule has 96 valence electrons. The Hall–Kier alpha value is -0.590. The number of hydrogen-bond donors (Lipinski definition) is 0. The van der Waals surface area contributed by atoms with E-state index in [0.29, 0.717) is 17.1 Å². The predicted molar refractivity (Wildman–Crippen MR) is 71.8 cm³/mol. The van der Waals surface area contributed by atoms with Crippen LogP contribution >= 0.6 is 0 Å². The first kappa shape index (κ1) is 12.9. The number of hydrogen-bond acceptors (Lipinski definition) is 1. The Bertz CT molecular complexity index is 311. The van der Waals surface area contributed by atoms with Gasteiger partial charge in [-0.2, -0.15) is 0 Å². The average molecular weight is 234 g/mol. The quantitative estimate of drug-likeness (QED) is 0.686. The summed E-state index contributed by atoms with van der Waals surface area (Å²) in [6.07, 6.45) is 10.3. The van der Waals surface area contributed by atoms with E-state index in [0.717, 1.165) is 37.2 Å². The van der Waals surface area contributed by atoms with Gasteiger partial charge in [-0.25, -0.2) is 0 Å². The molecule has 17 heavy (non-hydrogen) atoms. The van der Waals surface area contributed by atoms with Gasteiger partial charge in [-0.15, -0.1) is 0 Å². The second kappa shape index (κ2) is 4.96. The first-order valence-electron chi connectivity index (χ1n) is 7.21. The lowest BCUT2D eigenvalue weighted by molar-refractivity contribution is -0.120. The van der Waals surface area contributed by atoms with Gasteiger partial charge in [0.2, 0.25) is 0 Å². The minimum atomic E-state index is 0.345. The molecule has 2 aliphatic rings. The minimum Gasteiger partial charge on any atom is -0.294 e. The van der Waals surface area contributed by atoms with Gasteiger partial charge in [0.15, 0.2) is 5.78 Å². The van der Waals surface area contributed by atoms with Crippen LogP contribution in [0.25, 0.3) is 0 Å². The highest BCUT2D eigenvalue weighted by molar-refractivity contribution is 5.97. The second-order valence-electron chi connectivity index (χ2n) is 6.90. The molecule has 0 amide bonds. The molecular weight excluding hydrogens is 208 g/mol. The second-order valence-corrected chi connectivity index (χ2v) is 6.90. The monoisotopic (exact) mass is 234 g/mol. The molecule has 0 N–H and O–H groups in total. The number of Topliss-reactive ketones (excluding diaryl/α,β-unsaturated/α-hetero) is 1. The molecule has 1 fully saturated rings. The molecule has 0 unspecified atom stereocenters. The fourth-order valence-electron chi connectivity index (χ4n) is 3.38. The van der Waals surface area contributed by atoms with Crippen LogP contribution in [0.3, 0.4) is 0 Å². The normalized spacial score (nSPS) is 30.2. The van der Waals surface area contributed by atoms with Gasteiger partial charge in [0.1, 0.15) is 0 Å². The zero-order valence-corrected chi connectivity index (χ0v) is 11.6. The maximum absolute atomic E-state index is 12.3. The molecule has 0 aromatic heterocycles. The molecule has 0 atom stereocenters. The Balaban J connectivity index is 1.89. The van der Waals surface area contributed by atoms with Crippen molar-refractivity contribution in [1.82, 2.24) is 0 Å². The zero-order valence-electron chi connectivity index (χ0n) is 11.6. The third-order valence-electron chi connectivity index (χ3n) is 4.68. The van der Waals surface area contributed by atoms with Crippen molar-refractivity contribution in [3.05, 3.63) is 11.6 Å². The number of carbonyl (C=O) groups excluding carboxylic acids is 1. The standard InChI is InChI=1S/C16H26O/c1-16(2,3)14-10-8-13(9-11-14)15(17)12-6-4-5-7-12/h6,13-14H,4-5,7-11H2,1-3H3. The van der Waals surface area contributed by atoms with Crippen LogP contribution < -0.4 is 0 Å². The van der Waals surface area contributed by atoms with E-state index >= 15 is 0 Å². The van der Waals surface area contributed by atoms with Gasteiger partial charge in [0.25, 0.3) is 0 Å². The molecular formula is C16H26O. The number of carbonyl (C=O) groups is 1. The number of allylic oxidation sites excluding steroid dienone is 2. The highest BCUT2D eigenvalue weighted by Crippen LogP contribution is 2.41. The van der Waals surface area contributed by atoms with E-state index in [-0.39, 0.29) is 0 Å². The van der Waals surface area contributed by atoms with Gasteiger partial charge in [0.05, 0.1) is 0 Å². The van der Waals surface area contributed by atoms with Gasteiger partial charge in [-0.3, -0.25) is 4.79 Å². The molecule has 1 saturated carbocycles. The van der Waals surface area contributed by atoms with Crippen molar-refractivity contribution in [1.29, 1.82) is 0 Å². The van der Waals surface area contributed by atoms with Gasteiger partial charge in [0, 0.05) is 5.92 Å².